The van der Waals surface area contributed by atoms with E-state index in [9.17, 15) is 4.79 Å². The van der Waals surface area contributed by atoms with Gasteiger partial charge in [-0.2, -0.15) is 0 Å². The first-order valence-corrected chi connectivity index (χ1v) is 4.11. The van der Waals surface area contributed by atoms with Gasteiger partial charge in [0.25, 0.3) is 0 Å². The Morgan fingerprint density at radius 1 is 1.42 bits per heavy atom. The molecule has 1 heterocycles. The lowest BCUT2D eigenvalue weighted by atomic mass is 10.1. The van der Waals surface area contributed by atoms with Crippen LogP contribution in [0.2, 0.25) is 0 Å². The average molecular weight is 161 g/mol. The minimum absolute atomic E-state index is 0.0905. The molecule has 0 saturated carbocycles. The monoisotopic (exact) mass is 161 g/mol. The summed E-state index contributed by atoms with van der Waals surface area (Å²) in [5.41, 5.74) is 2.01. The summed E-state index contributed by atoms with van der Waals surface area (Å²) in [5.74, 6) is 0.218. The third-order valence-electron chi connectivity index (χ3n) is 2.06. The maximum absolute atomic E-state index is 11.5. The lowest BCUT2D eigenvalue weighted by molar-refractivity contribution is 0.0990. The SMILES string of the molecule is Cc1ccc(C(=O)C2CN2)cc1. The fraction of sp³-hybridized carbons (Fsp3) is 0.300. The third-order valence-corrected chi connectivity index (χ3v) is 2.06. The number of hydrogen-bond acceptors (Lipinski definition) is 2. The van der Waals surface area contributed by atoms with Crippen LogP contribution in [0.25, 0.3) is 0 Å². The molecule has 2 nitrogen and oxygen atoms in total. The molecule has 0 spiro atoms. The van der Waals surface area contributed by atoms with Crippen molar-refractivity contribution in [3.63, 3.8) is 0 Å². The normalized spacial score (nSPS) is 20.6. The highest BCUT2D eigenvalue weighted by Gasteiger charge is 2.29. The number of carbonyl (C=O) groups excluding carboxylic acids is 1. The molecule has 0 amide bonds. The lowest BCUT2D eigenvalue weighted by Crippen LogP contribution is -2.09. The zero-order valence-corrected chi connectivity index (χ0v) is 7.00. The van der Waals surface area contributed by atoms with Crippen molar-refractivity contribution in [1.82, 2.24) is 5.32 Å². The van der Waals surface area contributed by atoms with Crippen molar-refractivity contribution in [2.75, 3.05) is 6.54 Å². The summed E-state index contributed by atoms with van der Waals surface area (Å²) >= 11 is 0. The van der Waals surface area contributed by atoms with Gasteiger partial charge in [0.05, 0.1) is 6.04 Å². The van der Waals surface area contributed by atoms with Gasteiger partial charge < -0.3 is 5.32 Å². The molecule has 0 radical (unpaired) electrons. The van der Waals surface area contributed by atoms with Crippen LogP contribution in [0.1, 0.15) is 15.9 Å². The van der Waals surface area contributed by atoms with E-state index in [1.807, 2.05) is 31.2 Å². The van der Waals surface area contributed by atoms with E-state index in [4.69, 9.17) is 0 Å². The van der Waals surface area contributed by atoms with E-state index in [-0.39, 0.29) is 11.8 Å². The Bertz CT molecular complexity index is 298. The zero-order valence-electron chi connectivity index (χ0n) is 7.00. The van der Waals surface area contributed by atoms with E-state index in [1.54, 1.807) is 0 Å². The van der Waals surface area contributed by atoms with Crippen molar-refractivity contribution in [3.8, 4) is 0 Å². The molecule has 62 valence electrons. The van der Waals surface area contributed by atoms with Crippen LogP contribution in [0.15, 0.2) is 24.3 Å². The predicted octanol–water partition coefficient (Wildman–Crippen LogP) is 1.15. The molecule has 1 aromatic carbocycles. The molecule has 0 aromatic heterocycles. The van der Waals surface area contributed by atoms with E-state index in [0.717, 1.165) is 12.1 Å². The van der Waals surface area contributed by atoms with Crippen molar-refractivity contribution in [2.45, 2.75) is 13.0 Å². The Hall–Kier alpha value is -1.15. The number of Topliss-reactive ketones (excluding diaryl/α,β-unsaturated/α-hetero) is 1. The summed E-state index contributed by atoms with van der Waals surface area (Å²) in [6.45, 7) is 2.86. The molecule has 12 heavy (non-hydrogen) atoms. The van der Waals surface area contributed by atoms with Crippen molar-refractivity contribution in [3.05, 3.63) is 35.4 Å². The number of rotatable bonds is 2. The Kier molecular flexibility index (Phi) is 1.70. The molecule has 1 aliphatic rings. The first kappa shape index (κ1) is 7.50. The van der Waals surface area contributed by atoms with Gasteiger partial charge in [0.15, 0.2) is 5.78 Å². The first-order valence-electron chi connectivity index (χ1n) is 4.11. The molecule has 1 aliphatic heterocycles. The molecular weight excluding hydrogens is 150 g/mol. The van der Waals surface area contributed by atoms with Gasteiger partial charge in [-0.25, -0.2) is 0 Å². The van der Waals surface area contributed by atoms with E-state index in [0.29, 0.717) is 0 Å². The van der Waals surface area contributed by atoms with Crippen molar-refractivity contribution >= 4 is 5.78 Å². The fourth-order valence-electron chi connectivity index (χ4n) is 1.16. The quantitative estimate of drug-likeness (QED) is 0.522. The zero-order chi connectivity index (χ0) is 8.55. The maximum Gasteiger partial charge on any atom is 0.181 e. The van der Waals surface area contributed by atoms with E-state index < -0.39 is 0 Å². The standard InChI is InChI=1S/C10H11NO/c1-7-2-4-8(5-3-7)10(12)9-6-11-9/h2-5,9,11H,6H2,1H3. The molecule has 1 unspecified atom stereocenters. The number of hydrogen-bond donors (Lipinski definition) is 1. The molecule has 1 fully saturated rings. The van der Waals surface area contributed by atoms with Crippen LogP contribution in [0.4, 0.5) is 0 Å². The molecular formula is C10H11NO. The minimum atomic E-state index is 0.0905. The summed E-state index contributed by atoms with van der Waals surface area (Å²) in [7, 11) is 0. The largest absolute Gasteiger partial charge is 0.304 e. The maximum atomic E-state index is 11.5. The van der Waals surface area contributed by atoms with Gasteiger partial charge in [-0.3, -0.25) is 4.79 Å². The van der Waals surface area contributed by atoms with Crippen LogP contribution in [0.5, 0.6) is 0 Å². The second-order valence-corrected chi connectivity index (χ2v) is 3.19. The van der Waals surface area contributed by atoms with Crippen molar-refractivity contribution in [2.24, 2.45) is 0 Å². The van der Waals surface area contributed by atoms with Crippen molar-refractivity contribution in [1.29, 1.82) is 0 Å². The van der Waals surface area contributed by atoms with Crippen LogP contribution in [-0.4, -0.2) is 18.4 Å². The molecule has 2 rings (SSSR count). The van der Waals surface area contributed by atoms with Gasteiger partial charge in [-0.1, -0.05) is 29.8 Å². The lowest BCUT2D eigenvalue weighted by Gasteiger charge is -1.97. The van der Waals surface area contributed by atoms with Gasteiger partial charge in [0, 0.05) is 12.1 Å². The molecule has 0 aliphatic carbocycles. The summed E-state index contributed by atoms with van der Waals surface area (Å²) in [5, 5.41) is 3.00. The molecule has 1 aromatic rings. The second-order valence-electron chi connectivity index (χ2n) is 3.19. The molecule has 0 bridgehead atoms. The second kappa shape index (κ2) is 2.72. The van der Waals surface area contributed by atoms with E-state index >= 15 is 0 Å². The number of ketones is 1. The van der Waals surface area contributed by atoms with Crippen LogP contribution >= 0.6 is 0 Å². The molecule has 1 N–H and O–H groups in total. The van der Waals surface area contributed by atoms with Gasteiger partial charge in [0.2, 0.25) is 0 Å². The smallest absolute Gasteiger partial charge is 0.181 e. The Labute approximate surface area is 71.6 Å². The summed E-state index contributed by atoms with van der Waals surface area (Å²) in [6, 6.07) is 7.80. The Morgan fingerprint density at radius 2 is 2.00 bits per heavy atom. The number of benzene rings is 1. The van der Waals surface area contributed by atoms with Gasteiger partial charge >= 0.3 is 0 Å². The minimum Gasteiger partial charge on any atom is -0.304 e. The molecule has 2 heteroatoms. The molecule has 1 saturated heterocycles. The number of aryl methyl sites for hydroxylation is 1. The number of nitrogens with one attached hydrogen (secondary N) is 1. The average Bonchev–Trinajstić information content (AvgIpc) is 2.87. The van der Waals surface area contributed by atoms with Crippen LogP contribution < -0.4 is 5.32 Å². The van der Waals surface area contributed by atoms with Crippen molar-refractivity contribution < 1.29 is 4.79 Å². The highest BCUT2D eigenvalue weighted by molar-refractivity contribution is 6.01. The summed E-state index contributed by atoms with van der Waals surface area (Å²) in [6.07, 6.45) is 0. The van der Waals surface area contributed by atoms with E-state index in [1.165, 1.54) is 5.56 Å². The van der Waals surface area contributed by atoms with Gasteiger partial charge in [-0.15, -0.1) is 0 Å². The van der Waals surface area contributed by atoms with E-state index in [2.05, 4.69) is 5.32 Å². The Morgan fingerprint density at radius 3 is 2.50 bits per heavy atom. The topological polar surface area (TPSA) is 39.0 Å². The van der Waals surface area contributed by atoms with Crippen LogP contribution in [0, 0.1) is 6.92 Å². The Balaban J connectivity index is 2.22. The fourth-order valence-corrected chi connectivity index (χ4v) is 1.16. The van der Waals surface area contributed by atoms with Gasteiger partial charge in [0.1, 0.15) is 0 Å². The molecule has 1 atom stereocenters. The highest BCUT2D eigenvalue weighted by atomic mass is 16.1. The predicted molar refractivity (Wildman–Crippen MR) is 47.3 cm³/mol. The summed E-state index contributed by atoms with van der Waals surface area (Å²) in [4.78, 5) is 11.5. The number of carbonyl (C=O) groups is 1. The van der Waals surface area contributed by atoms with Crippen LogP contribution in [-0.2, 0) is 0 Å². The van der Waals surface area contributed by atoms with Crippen LogP contribution in [0.3, 0.4) is 0 Å². The first-order chi connectivity index (χ1) is 5.77. The third kappa shape index (κ3) is 1.38. The van der Waals surface area contributed by atoms with Gasteiger partial charge in [-0.05, 0) is 6.92 Å². The highest BCUT2D eigenvalue weighted by Crippen LogP contribution is 2.10. The summed E-state index contributed by atoms with van der Waals surface area (Å²) < 4.78 is 0.